The van der Waals surface area contributed by atoms with E-state index in [4.69, 9.17) is 0 Å². The number of benzene rings is 8. The van der Waals surface area contributed by atoms with Gasteiger partial charge >= 0.3 is 0 Å². The molecule has 1 N–H and O–H groups in total. The highest BCUT2D eigenvalue weighted by Crippen LogP contribution is 2.41. The third-order valence-electron chi connectivity index (χ3n) is 10.6. The first-order valence-corrected chi connectivity index (χ1v) is 18.5. The van der Waals surface area contributed by atoms with Gasteiger partial charge in [0.05, 0.1) is 5.69 Å². The van der Waals surface area contributed by atoms with Gasteiger partial charge in [0.2, 0.25) is 0 Å². The smallest absolute Gasteiger partial charge is 0.0540 e. The lowest BCUT2D eigenvalue weighted by atomic mass is 9.82. The van der Waals surface area contributed by atoms with Crippen LogP contribution >= 0.6 is 0 Å². The Labute approximate surface area is 312 Å². The van der Waals surface area contributed by atoms with Crippen LogP contribution in [0.2, 0.25) is 0 Å². The Morgan fingerprint density at radius 2 is 0.981 bits per heavy atom. The first-order chi connectivity index (χ1) is 26.2. The van der Waals surface area contributed by atoms with Crippen molar-refractivity contribution in [1.29, 1.82) is 0 Å². The van der Waals surface area contributed by atoms with Crippen LogP contribution in [0, 0.1) is 5.92 Å². The fourth-order valence-electron chi connectivity index (χ4n) is 7.72. The molecular weight excluding hydrogens is 641 g/mol. The summed E-state index contributed by atoms with van der Waals surface area (Å²) in [6.07, 6.45) is 8.96. The molecule has 0 bridgehead atoms. The van der Waals surface area contributed by atoms with E-state index in [2.05, 4.69) is 223 Å². The van der Waals surface area contributed by atoms with Gasteiger partial charge in [0.1, 0.15) is 0 Å². The fourth-order valence-corrected chi connectivity index (χ4v) is 7.72. The summed E-state index contributed by atoms with van der Waals surface area (Å²) in [6.45, 7) is 2.30. The van der Waals surface area contributed by atoms with Crippen LogP contribution in [0.5, 0.6) is 0 Å². The third-order valence-corrected chi connectivity index (χ3v) is 10.6. The molecule has 2 atom stereocenters. The molecule has 2 heteroatoms. The number of hydrogen-bond donors (Lipinski definition) is 1. The van der Waals surface area contributed by atoms with Gasteiger partial charge in [-0.3, -0.25) is 0 Å². The summed E-state index contributed by atoms with van der Waals surface area (Å²) in [5.74, 6) is 0.748. The Hall–Kier alpha value is -6.64. The van der Waals surface area contributed by atoms with Crippen molar-refractivity contribution in [1.82, 2.24) is 0 Å². The Balaban J connectivity index is 1.02. The summed E-state index contributed by atoms with van der Waals surface area (Å²) < 4.78 is 0. The van der Waals surface area contributed by atoms with Crippen molar-refractivity contribution in [2.45, 2.75) is 12.8 Å². The van der Waals surface area contributed by atoms with Crippen molar-refractivity contribution in [2.75, 3.05) is 10.2 Å². The second-order valence-electron chi connectivity index (χ2n) is 13.9. The molecule has 0 saturated carbocycles. The van der Waals surface area contributed by atoms with Crippen molar-refractivity contribution in [3.05, 3.63) is 212 Å². The van der Waals surface area contributed by atoms with Gasteiger partial charge in [-0.05, 0) is 104 Å². The lowest BCUT2D eigenvalue weighted by molar-refractivity contribution is 0.637. The van der Waals surface area contributed by atoms with E-state index in [0.29, 0.717) is 11.8 Å². The van der Waals surface area contributed by atoms with Crippen LogP contribution in [0.3, 0.4) is 0 Å². The highest BCUT2D eigenvalue weighted by molar-refractivity contribution is 5.99. The quantitative estimate of drug-likeness (QED) is 0.172. The number of rotatable bonds is 8. The van der Waals surface area contributed by atoms with E-state index in [1.54, 1.807) is 0 Å². The zero-order chi connectivity index (χ0) is 35.6. The number of fused-ring (bicyclic) bond motifs is 2. The van der Waals surface area contributed by atoms with E-state index >= 15 is 0 Å². The minimum Gasteiger partial charge on any atom is -0.355 e. The number of anilines is 5. The van der Waals surface area contributed by atoms with Crippen LogP contribution in [0.15, 0.2) is 206 Å². The number of nitrogens with one attached hydrogen (secondary N) is 1. The average molecular weight is 681 g/mol. The van der Waals surface area contributed by atoms with Crippen molar-refractivity contribution in [3.63, 3.8) is 0 Å². The maximum Gasteiger partial charge on any atom is 0.0540 e. The first kappa shape index (κ1) is 32.3. The second kappa shape index (κ2) is 14.2. The Kier molecular flexibility index (Phi) is 8.63. The van der Waals surface area contributed by atoms with E-state index in [9.17, 15) is 0 Å². The summed E-state index contributed by atoms with van der Waals surface area (Å²) in [4.78, 5) is 2.37. The zero-order valence-electron chi connectivity index (χ0n) is 29.7. The Morgan fingerprint density at radius 1 is 0.453 bits per heavy atom. The van der Waals surface area contributed by atoms with Gasteiger partial charge < -0.3 is 10.2 Å². The van der Waals surface area contributed by atoms with Gasteiger partial charge in [0.15, 0.2) is 0 Å². The Morgan fingerprint density at radius 3 is 1.64 bits per heavy atom. The van der Waals surface area contributed by atoms with Gasteiger partial charge in [-0.15, -0.1) is 0 Å². The van der Waals surface area contributed by atoms with Gasteiger partial charge in [0, 0.05) is 34.1 Å². The van der Waals surface area contributed by atoms with Gasteiger partial charge in [0.25, 0.3) is 0 Å². The normalized spacial score (nSPS) is 15.1. The molecule has 0 amide bonds. The topological polar surface area (TPSA) is 15.3 Å². The highest BCUT2D eigenvalue weighted by atomic mass is 15.1. The molecule has 0 heterocycles. The fraction of sp³-hybridized carbons (Fsp3) is 0.0588. The van der Waals surface area contributed by atoms with Crippen LogP contribution in [0.1, 0.15) is 18.4 Å². The molecule has 0 aliphatic heterocycles. The molecule has 1 aliphatic carbocycles. The number of hydrogen-bond acceptors (Lipinski definition) is 2. The summed E-state index contributed by atoms with van der Waals surface area (Å²) in [6, 6.07) is 65.7. The molecular formula is C51H40N2. The molecule has 9 rings (SSSR count). The summed E-state index contributed by atoms with van der Waals surface area (Å²) in [5, 5.41) is 8.73. The summed E-state index contributed by atoms with van der Waals surface area (Å²) in [7, 11) is 0. The second-order valence-corrected chi connectivity index (χ2v) is 13.9. The van der Waals surface area contributed by atoms with Crippen molar-refractivity contribution >= 4 is 50.0 Å². The maximum absolute atomic E-state index is 3.79. The van der Waals surface area contributed by atoms with E-state index in [1.165, 1.54) is 49.4 Å². The van der Waals surface area contributed by atoms with Gasteiger partial charge in [-0.25, -0.2) is 0 Å². The molecule has 0 spiro atoms. The van der Waals surface area contributed by atoms with Gasteiger partial charge in [-0.2, -0.15) is 0 Å². The van der Waals surface area contributed by atoms with Crippen LogP contribution in [-0.2, 0) is 0 Å². The van der Waals surface area contributed by atoms with E-state index < -0.39 is 0 Å². The van der Waals surface area contributed by atoms with Crippen LogP contribution in [0.4, 0.5) is 28.4 Å². The minimum atomic E-state index is 0.320. The van der Waals surface area contributed by atoms with Crippen LogP contribution in [-0.4, -0.2) is 0 Å². The van der Waals surface area contributed by atoms with Crippen LogP contribution in [0.25, 0.3) is 43.8 Å². The average Bonchev–Trinajstić information content (AvgIpc) is 3.22. The molecule has 254 valence electrons. The van der Waals surface area contributed by atoms with Crippen molar-refractivity contribution in [3.8, 4) is 22.3 Å². The molecule has 0 fully saturated rings. The molecule has 8 aromatic carbocycles. The molecule has 2 unspecified atom stereocenters. The highest BCUT2D eigenvalue weighted by Gasteiger charge is 2.21. The molecule has 53 heavy (non-hydrogen) atoms. The van der Waals surface area contributed by atoms with Crippen molar-refractivity contribution in [2.24, 2.45) is 5.92 Å². The summed E-state index contributed by atoms with van der Waals surface area (Å²) >= 11 is 0. The van der Waals surface area contributed by atoms with E-state index in [1.807, 2.05) is 0 Å². The van der Waals surface area contributed by atoms with E-state index in [0.717, 1.165) is 28.4 Å². The predicted octanol–water partition coefficient (Wildman–Crippen LogP) is 14.4. The SMILES string of the molecule is CC1C=CC=CC1c1cc2ccccc2cc1Nc1ccc(-c2ccc(N(c3ccc(-c4ccccc4)cc3)c3cccc4ccccc34)cc2)cc1. The lowest BCUT2D eigenvalue weighted by Crippen LogP contribution is -2.10. The molecule has 0 radical (unpaired) electrons. The van der Waals surface area contributed by atoms with Crippen molar-refractivity contribution < 1.29 is 0 Å². The summed E-state index contributed by atoms with van der Waals surface area (Å²) in [5.41, 5.74) is 11.7. The van der Waals surface area contributed by atoms with Gasteiger partial charge in [-0.1, -0.05) is 159 Å². The molecule has 0 saturated heterocycles. The number of allylic oxidation sites excluding steroid dienone is 4. The largest absolute Gasteiger partial charge is 0.355 e. The monoisotopic (exact) mass is 680 g/mol. The minimum absolute atomic E-state index is 0.320. The van der Waals surface area contributed by atoms with Crippen LogP contribution < -0.4 is 10.2 Å². The standard InChI is InChI=1S/C51H40N2/c1-36-12-5-9-19-47(36)49-34-42-16-6-7-17-43(42)35-50(49)52-44-28-22-38(23-29-44)40-26-32-46(33-27-40)53(51-21-11-18-41-15-8-10-20-48(41)51)45-30-24-39(25-31-45)37-13-3-2-4-14-37/h2-36,47,52H,1H3. The Bertz CT molecular complexity index is 2580. The first-order valence-electron chi connectivity index (χ1n) is 18.5. The number of nitrogens with zero attached hydrogens (tertiary/aromatic N) is 1. The predicted molar refractivity (Wildman–Crippen MR) is 227 cm³/mol. The lowest BCUT2D eigenvalue weighted by Gasteiger charge is -2.27. The van der Waals surface area contributed by atoms with E-state index in [-0.39, 0.29) is 0 Å². The molecule has 0 aromatic heterocycles. The molecule has 8 aromatic rings. The zero-order valence-corrected chi connectivity index (χ0v) is 29.7. The third kappa shape index (κ3) is 6.52. The molecule has 2 nitrogen and oxygen atoms in total. The maximum atomic E-state index is 3.79. The molecule has 1 aliphatic rings.